The van der Waals surface area contributed by atoms with Crippen LogP contribution in [0.4, 0.5) is 14.8 Å². The lowest BCUT2D eigenvalue weighted by Gasteiger charge is -2.30. The van der Waals surface area contributed by atoms with Crippen molar-refractivity contribution in [3.8, 4) is 11.3 Å². The van der Waals surface area contributed by atoms with Gasteiger partial charge in [0, 0.05) is 41.9 Å². The van der Waals surface area contributed by atoms with Crippen LogP contribution in [0, 0.1) is 5.92 Å². The molecule has 1 aliphatic heterocycles. The molecular formula is C21H23BrF2N2O3. The number of aliphatic carboxylic acids is 1. The van der Waals surface area contributed by atoms with Crippen molar-refractivity contribution in [2.24, 2.45) is 5.92 Å². The minimum absolute atomic E-state index is 0.166. The van der Waals surface area contributed by atoms with Gasteiger partial charge in [0.1, 0.15) is 11.5 Å². The van der Waals surface area contributed by atoms with Crippen molar-refractivity contribution < 1.29 is 23.1 Å². The summed E-state index contributed by atoms with van der Waals surface area (Å²) >= 11 is 3.42. The number of aromatic nitrogens is 1. The molecule has 1 saturated carbocycles. The molecule has 0 bridgehead atoms. The van der Waals surface area contributed by atoms with Gasteiger partial charge >= 0.3 is 5.97 Å². The summed E-state index contributed by atoms with van der Waals surface area (Å²) in [5.41, 5.74) is 1.44. The molecular weight excluding hydrogens is 446 g/mol. The van der Waals surface area contributed by atoms with Crippen LogP contribution in [0.25, 0.3) is 11.3 Å². The SMILES string of the molecule is O=C(O)C1CCCCC1c1oc(N2CCC(F)(F)CC2)nc1-c1ccc(Br)cc1. The Morgan fingerprint density at radius 2 is 1.83 bits per heavy atom. The highest BCUT2D eigenvalue weighted by atomic mass is 79.9. The van der Waals surface area contributed by atoms with Gasteiger partial charge in [0.25, 0.3) is 11.9 Å². The molecule has 1 saturated heterocycles. The Labute approximate surface area is 176 Å². The highest BCUT2D eigenvalue weighted by Crippen LogP contribution is 2.44. The topological polar surface area (TPSA) is 66.6 Å². The predicted octanol–water partition coefficient (Wildman–Crippen LogP) is 5.70. The first kappa shape index (κ1) is 20.3. The van der Waals surface area contributed by atoms with Crippen molar-refractivity contribution in [2.75, 3.05) is 18.0 Å². The van der Waals surface area contributed by atoms with E-state index in [2.05, 4.69) is 20.9 Å². The Balaban J connectivity index is 1.73. The van der Waals surface area contributed by atoms with Gasteiger partial charge in [-0.25, -0.2) is 8.78 Å². The minimum atomic E-state index is -2.65. The molecule has 29 heavy (non-hydrogen) atoms. The maximum Gasteiger partial charge on any atom is 0.307 e. The second-order valence-corrected chi connectivity index (χ2v) is 8.81. The van der Waals surface area contributed by atoms with Gasteiger partial charge in [-0.2, -0.15) is 4.98 Å². The van der Waals surface area contributed by atoms with Crippen LogP contribution in [-0.4, -0.2) is 35.1 Å². The number of hydrogen-bond acceptors (Lipinski definition) is 4. The molecule has 156 valence electrons. The molecule has 1 N–H and O–H groups in total. The van der Waals surface area contributed by atoms with Crippen molar-refractivity contribution in [3.05, 3.63) is 34.5 Å². The number of carbonyl (C=O) groups is 1. The second-order valence-electron chi connectivity index (χ2n) is 7.89. The van der Waals surface area contributed by atoms with Crippen LogP contribution in [0.5, 0.6) is 0 Å². The molecule has 1 aromatic carbocycles. The number of carboxylic acids is 1. The second kappa shape index (κ2) is 8.05. The maximum atomic E-state index is 13.6. The molecule has 2 unspecified atom stereocenters. The Bertz CT molecular complexity index is 875. The van der Waals surface area contributed by atoms with Crippen molar-refractivity contribution in [3.63, 3.8) is 0 Å². The fraction of sp³-hybridized carbons (Fsp3) is 0.524. The molecule has 2 heterocycles. The lowest BCUT2D eigenvalue weighted by Crippen LogP contribution is -2.39. The van der Waals surface area contributed by atoms with E-state index in [4.69, 9.17) is 4.42 Å². The number of oxazole rings is 1. The van der Waals surface area contributed by atoms with Gasteiger partial charge in [0.2, 0.25) is 0 Å². The molecule has 1 aromatic heterocycles. The van der Waals surface area contributed by atoms with Crippen LogP contribution in [0.3, 0.4) is 0 Å². The van der Waals surface area contributed by atoms with Crippen molar-refractivity contribution in [1.82, 2.24) is 4.98 Å². The zero-order chi connectivity index (χ0) is 20.6. The molecule has 2 aliphatic rings. The number of alkyl halides is 2. The third-order valence-corrected chi connectivity index (χ3v) is 6.47. The first-order valence-electron chi connectivity index (χ1n) is 9.96. The smallest absolute Gasteiger partial charge is 0.307 e. The predicted molar refractivity (Wildman–Crippen MR) is 108 cm³/mol. The lowest BCUT2D eigenvalue weighted by molar-refractivity contribution is -0.143. The standard InChI is InChI=1S/C21H23BrF2N2O3/c22-14-7-5-13(6-8-14)17-18(15-3-1-2-4-16(15)19(27)28)29-20(25-17)26-11-9-21(23,24)10-12-26/h5-8,15-16H,1-4,9-12H2,(H,27,28). The van der Waals surface area contributed by atoms with Crippen LogP contribution in [0.1, 0.15) is 50.2 Å². The average molecular weight is 469 g/mol. The average Bonchev–Trinajstić information content (AvgIpc) is 3.13. The highest BCUT2D eigenvalue weighted by molar-refractivity contribution is 9.10. The third-order valence-electron chi connectivity index (χ3n) is 5.95. The fourth-order valence-corrected chi connectivity index (χ4v) is 4.55. The van der Waals surface area contributed by atoms with Crippen LogP contribution in [-0.2, 0) is 4.79 Å². The number of piperidine rings is 1. The number of rotatable bonds is 4. The molecule has 8 heteroatoms. The number of anilines is 1. The minimum Gasteiger partial charge on any atom is -0.481 e. The zero-order valence-electron chi connectivity index (χ0n) is 15.9. The van der Waals surface area contributed by atoms with E-state index >= 15 is 0 Å². The molecule has 5 nitrogen and oxygen atoms in total. The first-order chi connectivity index (χ1) is 13.8. The summed E-state index contributed by atoms with van der Waals surface area (Å²) in [7, 11) is 0. The molecule has 2 aromatic rings. The maximum absolute atomic E-state index is 13.6. The molecule has 0 radical (unpaired) electrons. The molecule has 4 rings (SSSR count). The van der Waals surface area contributed by atoms with E-state index in [9.17, 15) is 18.7 Å². The van der Waals surface area contributed by atoms with E-state index in [-0.39, 0.29) is 31.8 Å². The van der Waals surface area contributed by atoms with Gasteiger partial charge in [-0.3, -0.25) is 4.79 Å². The Morgan fingerprint density at radius 3 is 2.48 bits per heavy atom. The molecule has 2 fully saturated rings. The van der Waals surface area contributed by atoms with Crippen molar-refractivity contribution >= 4 is 27.9 Å². The number of carboxylic acid groups (broad SMARTS) is 1. The van der Waals surface area contributed by atoms with E-state index in [0.717, 1.165) is 22.9 Å². The third kappa shape index (κ3) is 4.32. The number of nitrogens with zero attached hydrogens (tertiary/aromatic N) is 2. The van der Waals surface area contributed by atoms with E-state index < -0.39 is 17.8 Å². The van der Waals surface area contributed by atoms with Crippen LogP contribution >= 0.6 is 15.9 Å². The van der Waals surface area contributed by atoms with Gasteiger partial charge in [-0.15, -0.1) is 0 Å². The highest BCUT2D eigenvalue weighted by Gasteiger charge is 2.39. The van der Waals surface area contributed by atoms with Gasteiger partial charge in [0.15, 0.2) is 0 Å². The van der Waals surface area contributed by atoms with Gasteiger partial charge in [0.05, 0.1) is 5.92 Å². The summed E-state index contributed by atoms with van der Waals surface area (Å²) in [5, 5.41) is 9.72. The van der Waals surface area contributed by atoms with Crippen LogP contribution in [0.2, 0.25) is 0 Å². The number of benzene rings is 1. The first-order valence-corrected chi connectivity index (χ1v) is 10.8. The zero-order valence-corrected chi connectivity index (χ0v) is 17.5. The number of hydrogen-bond donors (Lipinski definition) is 1. The lowest BCUT2D eigenvalue weighted by atomic mass is 9.77. The fourth-order valence-electron chi connectivity index (χ4n) is 4.29. The van der Waals surface area contributed by atoms with E-state index in [1.807, 2.05) is 24.3 Å². The molecule has 0 amide bonds. The Hall–Kier alpha value is -1.96. The Morgan fingerprint density at radius 1 is 1.17 bits per heavy atom. The summed E-state index contributed by atoms with van der Waals surface area (Å²) in [6, 6.07) is 7.90. The summed E-state index contributed by atoms with van der Waals surface area (Å²) in [6.07, 6.45) is 2.65. The quantitative estimate of drug-likeness (QED) is 0.623. The van der Waals surface area contributed by atoms with Crippen molar-refractivity contribution in [2.45, 2.75) is 50.4 Å². The normalized spacial score (nSPS) is 24.4. The van der Waals surface area contributed by atoms with E-state index in [1.165, 1.54) is 0 Å². The molecule has 0 spiro atoms. The summed E-state index contributed by atoms with van der Waals surface area (Å²) in [4.78, 5) is 18.2. The summed E-state index contributed by atoms with van der Waals surface area (Å²) in [5.74, 6) is -3.71. The summed E-state index contributed by atoms with van der Waals surface area (Å²) < 4.78 is 34.2. The summed E-state index contributed by atoms with van der Waals surface area (Å²) in [6.45, 7) is 0.333. The molecule has 2 atom stereocenters. The van der Waals surface area contributed by atoms with Crippen LogP contribution < -0.4 is 4.90 Å². The van der Waals surface area contributed by atoms with E-state index in [1.54, 1.807) is 4.90 Å². The van der Waals surface area contributed by atoms with Gasteiger partial charge < -0.3 is 14.4 Å². The largest absolute Gasteiger partial charge is 0.481 e. The molecule has 1 aliphatic carbocycles. The monoisotopic (exact) mass is 468 g/mol. The number of halogens is 3. The van der Waals surface area contributed by atoms with Crippen molar-refractivity contribution in [1.29, 1.82) is 0 Å². The van der Waals surface area contributed by atoms with Crippen LogP contribution in [0.15, 0.2) is 33.2 Å². The van der Waals surface area contributed by atoms with Gasteiger partial charge in [-0.05, 0) is 25.0 Å². The Kier molecular flexibility index (Phi) is 5.64. The van der Waals surface area contributed by atoms with Gasteiger partial charge in [-0.1, -0.05) is 40.9 Å². The van der Waals surface area contributed by atoms with E-state index in [0.29, 0.717) is 30.3 Å².